The maximum absolute atomic E-state index is 11.8. The molecule has 0 fully saturated rings. The number of pyridine rings is 1. The van der Waals surface area contributed by atoms with Crippen LogP contribution in [0.1, 0.15) is 36.2 Å². The van der Waals surface area contributed by atoms with E-state index >= 15 is 0 Å². The van der Waals surface area contributed by atoms with E-state index in [-0.39, 0.29) is 18.0 Å². The highest BCUT2D eigenvalue weighted by Crippen LogP contribution is 2.02. The second-order valence-corrected chi connectivity index (χ2v) is 4.34. The molecule has 0 radical (unpaired) electrons. The fraction of sp³-hybridized carbons (Fsp3) is 0.500. The molecule has 1 aromatic heterocycles. The number of carbonyl (C=O) groups is 1. The first-order valence-electron chi connectivity index (χ1n) is 5.47. The summed E-state index contributed by atoms with van der Waals surface area (Å²) in [5.41, 5.74) is 7.24. The van der Waals surface area contributed by atoms with Gasteiger partial charge >= 0.3 is 0 Å². The lowest BCUT2D eigenvalue weighted by atomic mass is 10.1. The maximum atomic E-state index is 11.8. The number of hydrogen-bond acceptors (Lipinski definition) is 3. The van der Waals surface area contributed by atoms with Crippen molar-refractivity contribution in [3.63, 3.8) is 0 Å². The zero-order valence-electron chi connectivity index (χ0n) is 10.0. The Hall–Kier alpha value is -1.42. The molecule has 16 heavy (non-hydrogen) atoms. The molecule has 0 spiro atoms. The Morgan fingerprint density at radius 3 is 2.75 bits per heavy atom. The minimum absolute atomic E-state index is 0.0769. The van der Waals surface area contributed by atoms with E-state index < -0.39 is 0 Å². The molecule has 0 aliphatic heterocycles. The molecule has 0 bridgehead atoms. The molecule has 1 rings (SSSR count). The normalized spacial score (nSPS) is 14.2. The van der Waals surface area contributed by atoms with Gasteiger partial charge < -0.3 is 11.1 Å². The number of nitrogens with two attached hydrogens (primary N) is 1. The highest BCUT2D eigenvalue weighted by Gasteiger charge is 2.11. The standard InChI is InChI=1S/C12H19N3O/c1-8-4-11(7-14-6-8)12(16)15-10(3)5-9(2)13/h4,6-7,9-10H,5,13H2,1-3H3,(H,15,16). The van der Waals surface area contributed by atoms with E-state index in [0.29, 0.717) is 5.56 Å². The molecule has 1 heterocycles. The monoisotopic (exact) mass is 221 g/mol. The summed E-state index contributed by atoms with van der Waals surface area (Å²) >= 11 is 0. The molecule has 2 unspecified atom stereocenters. The molecule has 0 aliphatic rings. The van der Waals surface area contributed by atoms with Crippen LogP contribution in [0.2, 0.25) is 0 Å². The summed E-state index contributed by atoms with van der Waals surface area (Å²) in [5, 5.41) is 2.90. The summed E-state index contributed by atoms with van der Waals surface area (Å²) in [4.78, 5) is 15.8. The van der Waals surface area contributed by atoms with Gasteiger partial charge in [0.15, 0.2) is 0 Å². The SMILES string of the molecule is Cc1cncc(C(=O)NC(C)CC(C)N)c1. The van der Waals surface area contributed by atoms with Crippen molar-refractivity contribution in [3.05, 3.63) is 29.6 Å². The molecular formula is C12H19N3O. The van der Waals surface area contributed by atoms with E-state index in [1.54, 1.807) is 12.4 Å². The molecule has 0 saturated carbocycles. The van der Waals surface area contributed by atoms with Crippen molar-refractivity contribution in [1.29, 1.82) is 0 Å². The van der Waals surface area contributed by atoms with E-state index in [2.05, 4.69) is 10.3 Å². The topological polar surface area (TPSA) is 68.0 Å². The van der Waals surface area contributed by atoms with Crippen molar-refractivity contribution in [3.8, 4) is 0 Å². The lowest BCUT2D eigenvalue weighted by molar-refractivity contribution is 0.0937. The lowest BCUT2D eigenvalue weighted by Gasteiger charge is -2.15. The van der Waals surface area contributed by atoms with Gasteiger partial charge in [-0.3, -0.25) is 9.78 Å². The molecule has 1 aromatic rings. The summed E-state index contributed by atoms with van der Waals surface area (Å²) in [6.07, 6.45) is 4.06. The molecule has 0 aromatic carbocycles. The Kier molecular flexibility index (Phi) is 4.43. The Bertz CT molecular complexity index is 363. The van der Waals surface area contributed by atoms with E-state index in [4.69, 9.17) is 5.73 Å². The molecule has 1 amide bonds. The molecule has 4 nitrogen and oxygen atoms in total. The van der Waals surface area contributed by atoms with Gasteiger partial charge in [0.2, 0.25) is 0 Å². The van der Waals surface area contributed by atoms with Gasteiger partial charge in [-0.05, 0) is 38.8 Å². The number of amides is 1. The summed E-state index contributed by atoms with van der Waals surface area (Å²) in [6, 6.07) is 1.99. The first-order valence-corrected chi connectivity index (χ1v) is 5.47. The molecule has 88 valence electrons. The number of nitrogens with one attached hydrogen (secondary N) is 1. The third-order valence-electron chi connectivity index (χ3n) is 2.24. The average molecular weight is 221 g/mol. The summed E-state index contributed by atoms with van der Waals surface area (Å²) in [7, 11) is 0. The van der Waals surface area contributed by atoms with Crippen LogP contribution in [-0.4, -0.2) is 23.0 Å². The van der Waals surface area contributed by atoms with Gasteiger partial charge in [-0.25, -0.2) is 0 Å². The minimum atomic E-state index is -0.0932. The summed E-state index contributed by atoms with van der Waals surface area (Å²) < 4.78 is 0. The van der Waals surface area contributed by atoms with Gasteiger partial charge in [0.05, 0.1) is 5.56 Å². The van der Waals surface area contributed by atoms with Crippen LogP contribution >= 0.6 is 0 Å². The largest absolute Gasteiger partial charge is 0.349 e. The Morgan fingerprint density at radius 1 is 1.50 bits per heavy atom. The molecule has 4 heteroatoms. The molecule has 0 aliphatic carbocycles. The van der Waals surface area contributed by atoms with Gasteiger partial charge in [-0.2, -0.15) is 0 Å². The predicted octanol–water partition coefficient (Wildman–Crippen LogP) is 1.25. The third kappa shape index (κ3) is 3.98. The zero-order chi connectivity index (χ0) is 12.1. The lowest BCUT2D eigenvalue weighted by Crippen LogP contribution is -2.36. The zero-order valence-corrected chi connectivity index (χ0v) is 10.0. The average Bonchev–Trinajstić information content (AvgIpc) is 2.16. The van der Waals surface area contributed by atoms with Crippen LogP contribution < -0.4 is 11.1 Å². The van der Waals surface area contributed by atoms with Crippen molar-refractivity contribution in [1.82, 2.24) is 10.3 Å². The first-order chi connectivity index (χ1) is 7.49. The molecule has 0 saturated heterocycles. The molecule has 2 atom stereocenters. The van der Waals surface area contributed by atoms with Crippen LogP contribution in [0.3, 0.4) is 0 Å². The molecule has 3 N–H and O–H groups in total. The fourth-order valence-electron chi connectivity index (χ4n) is 1.60. The minimum Gasteiger partial charge on any atom is -0.349 e. The number of nitrogens with zero attached hydrogens (tertiary/aromatic N) is 1. The second kappa shape index (κ2) is 5.61. The number of carbonyl (C=O) groups excluding carboxylic acids is 1. The van der Waals surface area contributed by atoms with Crippen molar-refractivity contribution >= 4 is 5.91 Å². The Labute approximate surface area is 96.3 Å². The quantitative estimate of drug-likeness (QED) is 0.804. The number of rotatable bonds is 4. The van der Waals surface area contributed by atoms with E-state index in [1.165, 1.54) is 0 Å². The first kappa shape index (κ1) is 12.6. The highest BCUT2D eigenvalue weighted by molar-refractivity contribution is 5.94. The van der Waals surface area contributed by atoms with Crippen molar-refractivity contribution in [2.24, 2.45) is 5.73 Å². The van der Waals surface area contributed by atoms with Gasteiger partial charge in [-0.15, -0.1) is 0 Å². The van der Waals surface area contributed by atoms with Crippen LogP contribution in [0.4, 0.5) is 0 Å². The van der Waals surface area contributed by atoms with Crippen LogP contribution in [0.15, 0.2) is 18.5 Å². The maximum Gasteiger partial charge on any atom is 0.253 e. The van der Waals surface area contributed by atoms with Gasteiger partial charge in [0.25, 0.3) is 5.91 Å². The smallest absolute Gasteiger partial charge is 0.253 e. The number of aryl methyl sites for hydroxylation is 1. The summed E-state index contributed by atoms with van der Waals surface area (Å²) in [6.45, 7) is 5.79. The predicted molar refractivity (Wildman–Crippen MR) is 64.2 cm³/mol. The van der Waals surface area contributed by atoms with Gasteiger partial charge in [0.1, 0.15) is 0 Å². The third-order valence-corrected chi connectivity index (χ3v) is 2.24. The Morgan fingerprint density at radius 2 is 2.19 bits per heavy atom. The van der Waals surface area contributed by atoms with Crippen LogP contribution in [-0.2, 0) is 0 Å². The fourth-order valence-corrected chi connectivity index (χ4v) is 1.60. The van der Waals surface area contributed by atoms with Crippen molar-refractivity contribution < 1.29 is 4.79 Å². The number of aromatic nitrogens is 1. The van der Waals surface area contributed by atoms with Crippen LogP contribution in [0.25, 0.3) is 0 Å². The van der Waals surface area contributed by atoms with Crippen LogP contribution in [0.5, 0.6) is 0 Å². The van der Waals surface area contributed by atoms with Crippen LogP contribution in [0, 0.1) is 6.92 Å². The van der Waals surface area contributed by atoms with Crippen molar-refractivity contribution in [2.45, 2.75) is 39.3 Å². The summed E-state index contributed by atoms with van der Waals surface area (Å²) in [5.74, 6) is -0.0932. The highest BCUT2D eigenvalue weighted by atomic mass is 16.1. The number of hydrogen-bond donors (Lipinski definition) is 2. The molecular weight excluding hydrogens is 202 g/mol. The van der Waals surface area contributed by atoms with E-state index in [1.807, 2.05) is 26.8 Å². The van der Waals surface area contributed by atoms with Gasteiger partial charge in [-0.1, -0.05) is 0 Å². The second-order valence-electron chi connectivity index (χ2n) is 4.34. The van der Waals surface area contributed by atoms with E-state index in [0.717, 1.165) is 12.0 Å². The van der Waals surface area contributed by atoms with Crippen molar-refractivity contribution in [2.75, 3.05) is 0 Å². The van der Waals surface area contributed by atoms with Gasteiger partial charge in [0, 0.05) is 24.5 Å². The van der Waals surface area contributed by atoms with E-state index in [9.17, 15) is 4.79 Å². The Balaban J connectivity index is 2.59.